The van der Waals surface area contributed by atoms with Crippen LogP contribution in [-0.2, 0) is 6.42 Å². The number of nitrogens with zero attached hydrogens (tertiary/aromatic N) is 3. The van der Waals surface area contributed by atoms with Gasteiger partial charge in [-0.05, 0) is 18.5 Å². The number of aromatic nitrogens is 2. The predicted octanol–water partition coefficient (Wildman–Crippen LogP) is 1.22. The molecule has 1 heterocycles. The Labute approximate surface area is 70.0 Å². The second-order valence-corrected chi connectivity index (χ2v) is 2.49. The zero-order valence-corrected chi connectivity index (χ0v) is 7.11. The Morgan fingerprint density at radius 2 is 2.33 bits per heavy atom. The van der Waals surface area contributed by atoms with E-state index in [2.05, 4.69) is 20.1 Å². The third kappa shape index (κ3) is 1.61. The van der Waals surface area contributed by atoms with Crippen LogP contribution in [0.25, 0.3) is 0 Å². The van der Waals surface area contributed by atoms with Crippen molar-refractivity contribution < 1.29 is 9.84 Å². The van der Waals surface area contributed by atoms with Gasteiger partial charge in [0, 0.05) is 0 Å². The fourth-order valence-corrected chi connectivity index (χ4v) is 0.930. The van der Waals surface area contributed by atoms with E-state index in [1.165, 1.54) is 0 Å². The van der Waals surface area contributed by atoms with Gasteiger partial charge in [-0.3, -0.25) is 0 Å². The van der Waals surface area contributed by atoms with Gasteiger partial charge >= 0.3 is 0 Å². The number of hydrogen-bond acceptors (Lipinski definition) is 5. The highest BCUT2D eigenvalue weighted by molar-refractivity contribution is 5.97. The van der Waals surface area contributed by atoms with Crippen LogP contribution in [0.2, 0.25) is 0 Å². The van der Waals surface area contributed by atoms with Crippen molar-refractivity contribution in [2.24, 2.45) is 5.16 Å². The number of hydrogen-bond donors (Lipinski definition) is 1. The van der Waals surface area contributed by atoms with E-state index in [0.717, 1.165) is 18.5 Å². The van der Waals surface area contributed by atoms with E-state index in [-0.39, 0.29) is 0 Å². The zero-order chi connectivity index (χ0) is 8.97. The van der Waals surface area contributed by atoms with Crippen LogP contribution in [0.5, 0.6) is 0 Å². The molecule has 0 saturated carbocycles. The molecule has 0 aliphatic heterocycles. The molecule has 1 aromatic rings. The molecule has 0 saturated heterocycles. The smallest absolute Gasteiger partial charge is 0.155 e. The lowest BCUT2D eigenvalue weighted by Crippen LogP contribution is -2.00. The average Bonchev–Trinajstić information content (AvgIpc) is 2.52. The molecule has 0 bridgehead atoms. The summed E-state index contributed by atoms with van der Waals surface area (Å²) in [6.45, 7) is 3.68. The first kappa shape index (κ1) is 8.70. The zero-order valence-electron chi connectivity index (χ0n) is 7.11. The molecule has 0 spiro atoms. The van der Waals surface area contributed by atoms with Crippen LogP contribution in [-0.4, -0.2) is 21.2 Å². The topological polar surface area (TPSA) is 71.5 Å². The molecular weight excluding hydrogens is 158 g/mol. The molecule has 0 aliphatic rings. The summed E-state index contributed by atoms with van der Waals surface area (Å²) in [5.74, 6) is 0. The lowest BCUT2D eigenvalue weighted by Gasteiger charge is -1.92. The largest absolute Gasteiger partial charge is 0.411 e. The average molecular weight is 169 g/mol. The third-order valence-corrected chi connectivity index (χ3v) is 1.54. The molecule has 5 nitrogen and oxygen atoms in total. The van der Waals surface area contributed by atoms with E-state index in [1.807, 2.05) is 6.92 Å². The van der Waals surface area contributed by atoms with E-state index in [1.54, 1.807) is 6.92 Å². The summed E-state index contributed by atoms with van der Waals surface area (Å²) in [6.07, 6.45) is 1.74. The first-order valence-electron chi connectivity index (χ1n) is 3.80. The molecule has 5 heteroatoms. The molecule has 12 heavy (non-hydrogen) atoms. The van der Waals surface area contributed by atoms with Crippen LogP contribution in [0.4, 0.5) is 0 Å². The summed E-state index contributed by atoms with van der Waals surface area (Å²) in [5.41, 5.74) is 1.71. The van der Waals surface area contributed by atoms with Crippen molar-refractivity contribution in [3.8, 4) is 0 Å². The molecule has 0 aromatic carbocycles. The van der Waals surface area contributed by atoms with Crippen LogP contribution in [0.1, 0.15) is 31.7 Å². The Balaban J connectivity index is 2.91. The summed E-state index contributed by atoms with van der Waals surface area (Å²) in [5, 5.41) is 18.8. The van der Waals surface area contributed by atoms with Crippen molar-refractivity contribution in [1.29, 1.82) is 0 Å². The first-order valence-corrected chi connectivity index (χ1v) is 3.80. The number of rotatable bonds is 3. The Kier molecular flexibility index (Phi) is 2.79. The van der Waals surface area contributed by atoms with Gasteiger partial charge < -0.3 is 5.21 Å². The Hall–Kier alpha value is -1.39. The van der Waals surface area contributed by atoms with Gasteiger partial charge in [-0.25, -0.2) is 4.63 Å². The molecule has 66 valence electrons. The van der Waals surface area contributed by atoms with Gasteiger partial charge in [-0.15, -0.1) is 0 Å². The van der Waals surface area contributed by atoms with Gasteiger partial charge in [0.05, 0.1) is 0 Å². The van der Waals surface area contributed by atoms with Crippen LogP contribution < -0.4 is 0 Å². The second kappa shape index (κ2) is 3.85. The maximum atomic E-state index is 8.48. The minimum absolute atomic E-state index is 0.430. The van der Waals surface area contributed by atoms with Crippen molar-refractivity contribution in [3.63, 3.8) is 0 Å². The molecule has 0 fully saturated rings. The SMILES string of the molecule is CCCc1nonc1/C(C)=N/O. The quantitative estimate of drug-likeness (QED) is 0.419. The summed E-state index contributed by atoms with van der Waals surface area (Å²) in [6, 6.07) is 0. The highest BCUT2D eigenvalue weighted by atomic mass is 16.6. The van der Waals surface area contributed by atoms with Crippen LogP contribution >= 0.6 is 0 Å². The van der Waals surface area contributed by atoms with Crippen molar-refractivity contribution in [3.05, 3.63) is 11.4 Å². The molecular formula is C7H11N3O2. The normalized spacial score (nSPS) is 12.0. The van der Waals surface area contributed by atoms with E-state index in [9.17, 15) is 0 Å². The molecule has 0 atom stereocenters. The fraction of sp³-hybridized carbons (Fsp3) is 0.571. The summed E-state index contributed by atoms with van der Waals surface area (Å²) < 4.78 is 4.53. The Bertz CT molecular complexity index is 280. The van der Waals surface area contributed by atoms with E-state index < -0.39 is 0 Å². The maximum Gasteiger partial charge on any atom is 0.155 e. The second-order valence-electron chi connectivity index (χ2n) is 2.49. The lowest BCUT2D eigenvalue weighted by molar-refractivity contribution is 0.300. The summed E-state index contributed by atoms with van der Waals surface area (Å²) >= 11 is 0. The van der Waals surface area contributed by atoms with Crippen molar-refractivity contribution >= 4 is 5.71 Å². The Morgan fingerprint density at radius 1 is 1.58 bits per heavy atom. The molecule has 0 radical (unpaired) electrons. The van der Waals surface area contributed by atoms with Gasteiger partial charge in [0.2, 0.25) is 0 Å². The van der Waals surface area contributed by atoms with E-state index >= 15 is 0 Å². The monoisotopic (exact) mass is 169 g/mol. The van der Waals surface area contributed by atoms with Gasteiger partial charge in [-0.2, -0.15) is 0 Å². The van der Waals surface area contributed by atoms with Gasteiger partial charge in [-0.1, -0.05) is 23.7 Å². The third-order valence-electron chi connectivity index (χ3n) is 1.54. The molecule has 1 N–H and O–H groups in total. The molecule has 1 aromatic heterocycles. The number of oxime groups is 1. The molecule has 1 rings (SSSR count). The first-order chi connectivity index (χ1) is 5.79. The highest BCUT2D eigenvalue weighted by Crippen LogP contribution is 2.06. The van der Waals surface area contributed by atoms with E-state index in [0.29, 0.717) is 11.4 Å². The summed E-state index contributed by atoms with van der Waals surface area (Å²) in [4.78, 5) is 0. The Morgan fingerprint density at radius 3 is 2.92 bits per heavy atom. The van der Waals surface area contributed by atoms with Crippen LogP contribution in [0.15, 0.2) is 9.78 Å². The predicted molar refractivity (Wildman–Crippen MR) is 42.3 cm³/mol. The number of aryl methyl sites for hydroxylation is 1. The van der Waals surface area contributed by atoms with Crippen molar-refractivity contribution in [2.45, 2.75) is 26.7 Å². The standard InChI is InChI=1S/C7H11N3O2/c1-3-4-6-7(5(2)8-11)10-12-9-6/h11H,3-4H2,1-2H3/b8-5+. The van der Waals surface area contributed by atoms with Crippen molar-refractivity contribution in [2.75, 3.05) is 0 Å². The van der Waals surface area contributed by atoms with Gasteiger partial charge in [0.25, 0.3) is 0 Å². The van der Waals surface area contributed by atoms with Gasteiger partial charge in [0.1, 0.15) is 11.4 Å². The van der Waals surface area contributed by atoms with Gasteiger partial charge in [0.15, 0.2) is 5.69 Å². The maximum absolute atomic E-state index is 8.48. The molecule has 0 amide bonds. The minimum atomic E-state index is 0.430. The van der Waals surface area contributed by atoms with Crippen LogP contribution in [0.3, 0.4) is 0 Å². The summed E-state index contributed by atoms with van der Waals surface area (Å²) in [7, 11) is 0. The highest BCUT2D eigenvalue weighted by Gasteiger charge is 2.11. The minimum Gasteiger partial charge on any atom is -0.411 e. The molecule has 0 aliphatic carbocycles. The van der Waals surface area contributed by atoms with Crippen molar-refractivity contribution in [1.82, 2.24) is 10.3 Å². The molecule has 0 unspecified atom stereocenters. The fourth-order valence-electron chi connectivity index (χ4n) is 0.930. The van der Waals surface area contributed by atoms with Crippen LogP contribution in [0, 0.1) is 0 Å². The lowest BCUT2D eigenvalue weighted by atomic mass is 10.2. The van der Waals surface area contributed by atoms with E-state index in [4.69, 9.17) is 5.21 Å².